The van der Waals surface area contributed by atoms with Crippen molar-refractivity contribution in [2.75, 3.05) is 26.7 Å². The average Bonchev–Trinajstić information content (AvgIpc) is 2.32. The zero-order valence-corrected chi connectivity index (χ0v) is 14.1. The second kappa shape index (κ2) is 5.78. The molecule has 1 fully saturated rings. The molecule has 0 saturated carbocycles. The Labute approximate surface area is 119 Å². The molecule has 0 aliphatic carbocycles. The molecule has 0 aromatic heterocycles. The van der Waals surface area contributed by atoms with E-state index < -0.39 is 8.07 Å². The fraction of sp³-hybridized carbons (Fsp3) is 0.625. The second-order valence-electron chi connectivity index (χ2n) is 7.03. The van der Waals surface area contributed by atoms with Gasteiger partial charge >= 0.3 is 0 Å². The topological polar surface area (TPSA) is 6.48 Å². The van der Waals surface area contributed by atoms with E-state index in [2.05, 4.69) is 67.7 Å². The van der Waals surface area contributed by atoms with Gasteiger partial charge in [-0.05, 0) is 19.5 Å². The summed E-state index contributed by atoms with van der Waals surface area (Å²) in [6.07, 6.45) is 0. The monoisotopic (exact) mass is 276 g/mol. The molecule has 2 nitrogen and oxygen atoms in total. The Morgan fingerprint density at radius 3 is 2.26 bits per heavy atom. The maximum absolute atomic E-state index is 2.60. The molecule has 0 bridgehead atoms. The van der Waals surface area contributed by atoms with E-state index in [1.807, 2.05) is 0 Å². The zero-order chi connectivity index (χ0) is 14.0. The summed E-state index contributed by atoms with van der Waals surface area (Å²) in [7, 11) is 1.07. The van der Waals surface area contributed by atoms with E-state index in [9.17, 15) is 0 Å². The summed E-state index contributed by atoms with van der Waals surface area (Å²) in [6, 6.07) is 10.0. The van der Waals surface area contributed by atoms with Gasteiger partial charge in [0.05, 0.1) is 8.07 Å². The molecule has 1 aliphatic heterocycles. The molecule has 0 amide bonds. The van der Waals surface area contributed by atoms with E-state index in [1.165, 1.54) is 25.2 Å². The van der Waals surface area contributed by atoms with Crippen LogP contribution in [0.25, 0.3) is 0 Å². The Hall–Kier alpha value is -0.643. The highest BCUT2D eigenvalue weighted by molar-refractivity contribution is 6.88. The van der Waals surface area contributed by atoms with E-state index in [1.54, 1.807) is 5.19 Å². The van der Waals surface area contributed by atoms with Gasteiger partial charge in [-0.2, -0.15) is 0 Å². The molecule has 19 heavy (non-hydrogen) atoms. The number of benzene rings is 1. The Bertz CT molecular complexity index is 408. The second-order valence-corrected chi connectivity index (χ2v) is 12.1. The van der Waals surface area contributed by atoms with Gasteiger partial charge in [0.25, 0.3) is 0 Å². The van der Waals surface area contributed by atoms with Crippen molar-refractivity contribution in [1.29, 1.82) is 0 Å². The molecule has 3 heteroatoms. The lowest BCUT2D eigenvalue weighted by Gasteiger charge is -2.38. The van der Waals surface area contributed by atoms with E-state index in [0.29, 0.717) is 6.04 Å². The number of piperazine rings is 1. The lowest BCUT2D eigenvalue weighted by molar-refractivity contribution is 0.0938. The van der Waals surface area contributed by atoms with Crippen LogP contribution >= 0.6 is 0 Å². The van der Waals surface area contributed by atoms with Crippen molar-refractivity contribution in [2.45, 2.75) is 39.2 Å². The van der Waals surface area contributed by atoms with Crippen LogP contribution in [0.2, 0.25) is 19.6 Å². The number of likely N-dealkylation sites (N-methyl/N-ethyl adjacent to an activating group) is 1. The number of rotatable bonds is 3. The summed E-state index contributed by atoms with van der Waals surface area (Å²) in [4.78, 5) is 5.03. The molecule has 1 heterocycles. The third kappa shape index (κ3) is 3.91. The molecule has 0 spiro atoms. The first-order valence-corrected chi connectivity index (χ1v) is 10.9. The molecule has 1 unspecified atom stereocenters. The lowest BCUT2D eigenvalue weighted by atomic mass is 10.1. The van der Waals surface area contributed by atoms with Crippen molar-refractivity contribution >= 4 is 13.3 Å². The summed E-state index contributed by atoms with van der Waals surface area (Å²) in [6.45, 7) is 14.2. The van der Waals surface area contributed by atoms with Crippen LogP contribution < -0.4 is 5.19 Å². The number of nitrogens with zero attached hydrogens (tertiary/aromatic N) is 2. The van der Waals surface area contributed by atoms with E-state index in [-0.39, 0.29) is 0 Å². The van der Waals surface area contributed by atoms with Crippen LogP contribution in [0.15, 0.2) is 24.3 Å². The van der Waals surface area contributed by atoms with Gasteiger partial charge < -0.3 is 4.90 Å². The van der Waals surface area contributed by atoms with Crippen molar-refractivity contribution in [1.82, 2.24) is 9.80 Å². The highest BCUT2D eigenvalue weighted by Crippen LogP contribution is 2.13. The minimum atomic E-state index is -1.15. The van der Waals surface area contributed by atoms with Crippen LogP contribution in [0.4, 0.5) is 0 Å². The molecule has 0 radical (unpaired) electrons. The van der Waals surface area contributed by atoms with Crippen molar-refractivity contribution < 1.29 is 0 Å². The van der Waals surface area contributed by atoms with Crippen LogP contribution in [0, 0.1) is 0 Å². The van der Waals surface area contributed by atoms with Gasteiger partial charge in [-0.15, -0.1) is 0 Å². The van der Waals surface area contributed by atoms with Gasteiger partial charge in [0.15, 0.2) is 0 Å². The third-order valence-corrected chi connectivity index (χ3v) is 6.24. The van der Waals surface area contributed by atoms with E-state index >= 15 is 0 Å². The Balaban J connectivity index is 2.00. The summed E-state index contributed by atoms with van der Waals surface area (Å²) in [5.74, 6) is 0. The molecular formula is C16H28N2Si. The van der Waals surface area contributed by atoms with E-state index in [4.69, 9.17) is 0 Å². The molecule has 2 rings (SSSR count). The molecule has 0 N–H and O–H groups in total. The Morgan fingerprint density at radius 2 is 1.74 bits per heavy atom. The van der Waals surface area contributed by atoms with Gasteiger partial charge in [0.2, 0.25) is 0 Å². The molecule has 1 saturated heterocycles. The molecule has 1 aliphatic rings. The average molecular weight is 276 g/mol. The maximum atomic E-state index is 2.60. The van der Waals surface area contributed by atoms with Crippen LogP contribution in [-0.2, 0) is 6.54 Å². The normalized spacial score (nSPS) is 22.7. The van der Waals surface area contributed by atoms with Crippen LogP contribution in [-0.4, -0.2) is 50.6 Å². The maximum Gasteiger partial charge on any atom is 0.0775 e. The van der Waals surface area contributed by atoms with Crippen molar-refractivity contribution in [2.24, 2.45) is 0 Å². The van der Waals surface area contributed by atoms with Crippen molar-refractivity contribution in [3.05, 3.63) is 29.8 Å². The number of hydrogen-bond acceptors (Lipinski definition) is 2. The number of hydrogen-bond donors (Lipinski definition) is 0. The largest absolute Gasteiger partial charge is 0.304 e. The summed E-state index contributed by atoms with van der Waals surface area (Å²) < 4.78 is 0. The molecule has 106 valence electrons. The van der Waals surface area contributed by atoms with Crippen molar-refractivity contribution in [3.8, 4) is 0 Å². The van der Waals surface area contributed by atoms with E-state index in [0.717, 1.165) is 6.54 Å². The Morgan fingerprint density at radius 1 is 1.11 bits per heavy atom. The SMILES string of the molecule is CC1CN(C)CCN1Cc1ccc([Si](C)(C)C)cc1. The van der Waals surface area contributed by atoms with Crippen LogP contribution in [0.1, 0.15) is 12.5 Å². The highest BCUT2D eigenvalue weighted by Gasteiger charge is 2.21. The first kappa shape index (κ1) is 14.8. The highest BCUT2D eigenvalue weighted by atomic mass is 28.3. The summed E-state index contributed by atoms with van der Waals surface area (Å²) >= 11 is 0. The molecular weight excluding hydrogens is 248 g/mol. The van der Waals surface area contributed by atoms with Gasteiger partial charge in [0, 0.05) is 32.2 Å². The first-order chi connectivity index (χ1) is 8.86. The quantitative estimate of drug-likeness (QED) is 0.782. The Kier molecular flexibility index (Phi) is 4.49. The fourth-order valence-electron chi connectivity index (χ4n) is 2.76. The standard InChI is InChI=1S/C16H28N2Si/c1-14-12-17(2)10-11-18(14)13-15-6-8-16(9-7-15)19(3,4)5/h6-9,14H,10-13H2,1-5H3. The van der Waals surface area contributed by atoms with Gasteiger partial charge in [0.1, 0.15) is 0 Å². The van der Waals surface area contributed by atoms with Gasteiger partial charge in [-0.25, -0.2) is 0 Å². The zero-order valence-electron chi connectivity index (χ0n) is 13.1. The minimum absolute atomic E-state index is 0.662. The predicted octanol–water partition coefficient (Wildman–Crippen LogP) is 2.37. The summed E-state index contributed by atoms with van der Waals surface area (Å²) in [5.41, 5.74) is 1.46. The summed E-state index contributed by atoms with van der Waals surface area (Å²) in [5, 5.41) is 1.56. The fourth-order valence-corrected chi connectivity index (χ4v) is 3.92. The third-order valence-electron chi connectivity index (χ3n) is 4.17. The lowest BCUT2D eigenvalue weighted by Crippen LogP contribution is -2.49. The van der Waals surface area contributed by atoms with Crippen molar-refractivity contribution in [3.63, 3.8) is 0 Å². The first-order valence-electron chi connectivity index (χ1n) is 7.38. The molecule has 1 aromatic carbocycles. The van der Waals surface area contributed by atoms with Gasteiger partial charge in [-0.3, -0.25) is 4.90 Å². The predicted molar refractivity (Wildman–Crippen MR) is 86.8 cm³/mol. The molecule has 1 atom stereocenters. The minimum Gasteiger partial charge on any atom is -0.304 e. The smallest absolute Gasteiger partial charge is 0.0775 e. The van der Waals surface area contributed by atoms with Crippen LogP contribution in [0.5, 0.6) is 0 Å². The van der Waals surface area contributed by atoms with Crippen LogP contribution in [0.3, 0.4) is 0 Å². The van der Waals surface area contributed by atoms with Gasteiger partial charge in [-0.1, -0.05) is 49.1 Å². The molecule has 1 aromatic rings.